The Morgan fingerprint density at radius 3 is 2.07 bits per heavy atom. The third kappa shape index (κ3) is 4.42. The van der Waals surface area contributed by atoms with Gasteiger partial charge in [0, 0.05) is 24.5 Å². The number of ether oxygens (including phenoxy) is 1. The summed E-state index contributed by atoms with van der Waals surface area (Å²) in [4.78, 5) is 0. The average molecular weight is 552 g/mol. The Balaban J connectivity index is 0.00000225. The first kappa shape index (κ1) is 20.1. The molecule has 5 nitrogen and oxygen atoms in total. The molecule has 2 aromatic heterocycles. The predicted molar refractivity (Wildman–Crippen MR) is 104 cm³/mol. The van der Waals surface area contributed by atoms with Crippen molar-refractivity contribution in [1.29, 1.82) is 0 Å². The molecule has 0 unspecified atom stereocenters. The van der Waals surface area contributed by atoms with Crippen molar-refractivity contribution in [3.8, 4) is 23.1 Å². The van der Waals surface area contributed by atoms with Crippen LogP contribution in [0.2, 0.25) is 0 Å². The van der Waals surface area contributed by atoms with E-state index >= 15 is 0 Å². The molecule has 6 heteroatoms. The molecule has 4 aromatic rings. The van der Waals surface area contributed by atoms with Gasteiger partial charge < -0.3 is 4.74 Å². The average Bonchev–Trinajstić information content (AvgIpc) is 3.32. The molecule has 2 heterocycles. The van der Waals surface area contributed by atoms with E-state index in [9.17, 15) is 0 Å². The molecule has 0 aliphatic carbocycles. The van der Waals surface area contributed by atoms with Gasteiger partial charge in [0.05, 0.1) is 0 Å². The van der Waals surface area contributed by atoms with E-state index in [1.807, 2.05) is 48.8 Å². The van der Waals surface area contributed by atoms with Gasteiger partial charge in [0.25, 0.3) is 0 Å². The minimum Gasteiger partial charge on any atom is -0.417 e. The molecule has 0 bridgehead atoms. The molecule has 0 spiro atoms. The van der Waals surface area contributed by atoms with Crippen LogP contribution in [0.15, 0.2) is 67.0 Å². The molecule has 0 atom stereocenters. The molecule has 0 amide bonds. The quantitative estimate of drug-likeness (QED) is 0.344. The molecule has 144 valence electrons. The number of para-hydroxylation sites is 1. The number of aromatic nitrogens is 4. The van der Waals surface area contributed by atoms with Gasteiger partial charge in [-0.3, -0.25) is 9.36 Å². The summed E-state index contributed by atoms with van der Waals surface area (Å²) in [6.45, 7) is 6.55. The summed E-state index contributed by atoms with van der Waals surface area (Å²) in [5.74, 6) is 0.955. The first-order valence-electron chi connectivity index (χ1n) is 8.78. The van der Waals surface area contributed by atoms with Gasteiger partial charge >= 0.3 is 21.1 Å². The zero-order valence-corrected chi connectivity index (χ0v) is 18.1. The largest absolute Gasteiger partial charge is 2.00 e. The number of benzene rings is 2. The Hall–Kier alpha value is -2.65. The van der Waals surface area contributed by atoms with Crippen molar-refractivity contribution in [1.82, 2.24) is 19.6 Å². The molecule has 0 fully saturated rings. The summed E-state index contributed by atoms with van der Waals surface area (Å²) < 4.78 is 9.26. The van der Waals surface area contributed by atoms with Gasteiger partial charge in [-0.05, 0) is 16.8 Å². The molecule has 28 heavy (non-hydrogen) atoms. The van der Waals surface area contributed by atoms with Crippen molar-refractivity contribution < 1.29 is 25.8 Å². The Morgan fingerprint density at radius 2 is 1.46 bits per heavy atom. The van der Waals surface area contributed by atoms with Gasteiger partial charge in [-0.1, -0.05) is 20.8 Å². The van der Waals surface area contributed by atoms with Crippen molar-refractivity contribution in [3.05, 3.63) is 84.7 Å². The van der Waals surface area contributed by atoms with E-state index in [-0.39, 0.29) is 26.5 Å². The Morgan fingerprint density at radius 1 is 0.821 bits per heavy atom. The first-order chi connectivity index (χ1) is 13.0. The van der Waals surface area contributed by atoms with E-state index in [4.69, 9.17) is 4.74 Å². The zero-order chi connectivity index (χ0) is 18.9. The minimum atomic E-state index is 0. The number of hydrogen-bond donors (Lipinski definition) is 0. The molecule has 0 saturated heterocycles. The fourth-order valence-corrected chi connectivity index (χ4v) is 2.68. The fourth-order valence-electron chi connectivity index (χ4n) is 2.68. The maximum atomic E-state index is 5.79. The van der Waals surface area contributed by atoms with E-state index in [1.165, 1.54) is 5.56 Å². The van der Waals surface area contributed by atoms with Gasteiger partial charge in [0.1, 0.15) is 0 Å². The smallest absolute Gasteiger partial charge is 0.417 e. The fraction of sp³-hybridized carbons (Fsp3) is 0.182. The zero-order valence-electron chi connectivity index (χ0n) is 15.9. The molecular weight excluding hydrogens is 531 g/mol. The van der Waals surface area contributed by atoms with Crippen LogP contribution in [-0.2, 0) is 26.5 Å². The number of nitrogens with zero attached hydrogens (tertiary/aromatic N) is 4. The normalized spacial score (nSPS) is 11.1. The Bertz CT molecular complexity index is 1050. The summed E-state index contributed by atoms with van der Waals surface area (Å²) in [6.07, 6.45) is 3.69. The third-order valence-electron chi connectivity index (χ3n) is 4.18. The standard InChI is InChI=1S/C22H20N4O.Pt/c1-22(2,3)17-8-7-11-19(16-17)26-15-13-21(24-26)27-20-12-14-25(23-20)18-9-5-4-6-10-18;/h4-9,12-16H,1-3H3;/q-2;+2. The summed E-state index contributed by atoms with van der Waals surface area (Å²) in [6, 6.07) is 23.7. The monoisotopic (exact) mass is 551 g/mol. The maximum Gasteiger partial charge on any atom is 2.00 e. The Labute approximate surface area is 179 Å². The molecule has 0 aliphatic rings. The van der Waals surface area contributed by atoms with E-state index in [1.54, 1.807) is 15.4 Å². The second-order valence-electron chi connectivity index (χ2n) is 7.26. The first-order valence-corrected chi connectivity index (χ1v) is 8.78. The van der Waals surface area contributed by atoms with Crippen LogP contribution in [0.25, 0.3) is 11.4 Å². The SMILES string of the molecule is CC(C)(C)c1cc[c-]c(-n2ccc(Oc3ccn(-c4[c-]cccc4)n3)n2)c1.[Pt+2]. The second kappa shape index (κ2) is 8.15. The van der Waals surface area contributed by atoms with Crippen molar-refractivity contribution in [3.63, 3.8) is 0 Å². The molecule has 0 N–H and O–H groups in total. The molecule has 0 radical (unpaired) electrons. The molecular formula is C22H20N4OPt. The van der Waals surface area contributed by atoms with Gasteiger partial charge in [-0.2, -0.15) is 48.0 Å². The van der Waals surface area contributed by atoms with Crippen LogP contribution in [0.5, 0.6) is 11.8 Å². The van der Waals surface area contributed by atoms with Gasteiger partial charge in [0.15, 0.2) is 0 Å². The van der Waals surface area contributed by atoms with E-state index in [0.717, 1.165) is 11.4 Å². The van der Waals surface area contributed by atoms with Crippen LogP contribution >= 0.6 is 0 Å². The topological polar surface area (TPSA) is 44.9 Å². The summed E-state index contributed by atoms with van der Waals surface area (Å²) in [5, 5.41) is 8.90. The van der Waals surface area contributed by atoms with E-state index in [0.29, 0.717) is 11.8 Å². The van der Waals surface area contributed by atoms with Crippen LogP contribution in [0.4, 0.5) is 0 Å². The van der Waals surface area contributed by atoms with Gasteiger partial charge in [0.2, 0.25) is 11.8 Å². The number of rotatable bonds is 4. The van der Waals surface area contributed by atoms with Crippen molar-refractivity contribution >= 4 is 0 Å². The van der Waals surface area contributed by atoms with Crippen LogP contribution in [0.1, 0.15) is 26.3 Å². The molecule has 2 aromatic carbocycles. The second-order valence-corrected chi connectivity index (χ2v) is 7.26. The number of hydrogen-bond acceptors (Lipinski definition) is 3. The Kier molecular flexibility index (Phi) is 5.85. The molecule has 0 aliphatic heterocycles. The van der Waals surface area contributed by atoms with Crippen LogP contribution in [0.3, 0.4) is 0 Å². The van der Waals surface area contributed by atoms with Gasteiger partial charge in [-0.25, -0.2) is 0 Å². The summed E-state index contributed by atoms with van der Waals surface area (Å²) in [5.41, 5.74) is 3.03. The van der Waals surface area contributed by atoms with Crippen LogP contribution in [0, 0.1) is 12.1 Å². The summed E-state index contributed by atoms with van der Waals surface area (Å²) in [7, 11) is 0. The predicted octanol–water partition coefficient (Wildman–Crippen LogP) is 4.75. The van der Waals surface area contributed by atoms with Crippen molar-refractivity contribution in [2.75, 3.05) is 0 Å². The van der Waals surface area contributed by atoms with E-state index in [2.05, 4.69) is 55.2 Å². The van der Waals surface area contributed by atoms with Crippen molar-refractivity contribution in [2.24, 2.45) is 0 Å². The van der Waals surface area contributed by atoms with Gasteiger partial charge in [-0.15, -0.1) is 22.3 Å². The van der Waals surface area contributed by atoms with Crippen molar-refractivity contribution in [2.45, 2.75) is 26.2 Å². The molecule has 0 saturated carbocycles. The van der Waals surface area contributed by atoms with Crippen LogP contribution < -0.4 is 4.74 Å². The van der Waals surface area contributed by atoms with Crippen LogP contribution in [-0.4, -0.2) is 19.6 Å². The summed E-state index contributed by atoms with van der Waals surface area (Å²) >= 11 is 0. The maximum absolute atomic E-state index is 5.79. The van der Waals surface area contributed by atoms with E-state index < -0.39 is 0 Å². The minimum absolute atomic E-state index is 0. The molecule has 4 rings (SSSR count). The third-order valence-corrected chi connectivity index (χ3v) is 4.18.